The lowest BCUT2D eigenvalue weighted by molar-refractivity contribution is -0.169. The molecule has 4 aliphatic rings. The predicted molar refractivity (Wildman–Crippen MR) is 114 cm³/mol. The van der Waals surface area contributed by atoms with Crippen LogP contribution in [0.15, 0.2) is 0 Å². The van der Waals surface area contributed by atoms with Crippen molar-refractivity contribution < 1.29 is 4.79 Å². The summed E-state index contributed by atoms with van der Waals surface area (Å²) in [6, 6.07) is 0. The maximum Gasteiger partial charge on any atom is 0.145 e. The molecular formula is C26H44O. The molecular weight excluding hydrogens is 328 g/mol. The second kappa shape index (κ2) is 8.19. The van der Waals surface area contributed by atoms with Gasteiger partial charge in [0.15, 0.2) is 0 Å². The summed E-state index contributed by atoms with van der Waals surface area (Å²) in [7, 11) is 0. The standard InChI is InChI=1S/C26H44O/c1-3-4-5-6-21-11-15-25(16-12-21)19-26(24(25)27)17-13-23(14-18-26)22-9-7-20(2)8-10-22/h20-23H,3-19H2,1-2H3/t20?,21?,22?,23-,25-,26-. The lowest BCUT2D eigenvalue weighted by Crippen LogP contribution is -2.59. The summed E-state index contributed by atoms with van der Waals surface area (Å²) in [5, 5.41) is 0. The van der Waals surface area contributed by atoms with E-state index < -0.39 is 0 Å². The Balaban J connectivity index is 1.24. The molecule has 154 valence electrons. The number of unbranched alkanes of at least 4 members (excludes halogenated alkanes) is 2. The number of Topliss-reactive ketones (excluding diaryl/α,β-unsaturated/α-hetero) is 1. The van der Waals surface area contributed by atoms with E-state index >= 15 is 0 Å². The molecule has 0 amide bonds. The summed E-state index contributed by atoms with van der Waals surface area (Å²) in [6.07, 6.45) is 23.0. The molecule has 4 aliphatic carbocycles. The highest BCUT2D eigenvalue weighted by atomic mass is 16.1. The molecule has 4 saturated carbocycles. The maximum atomic E-state index is 13.4. The lowest BCUT2D eigenvalue weighted by Gasteiger charge is -2.59. The van der Waals surface area contributed by atoms with Gasteiger partial charge in [-0.1, -0.05) is 52.4 Å². The number of ketones is 1. The summed E-state index contributed by atoms with van der Waals surface area (Å²) < 4.78 is 0. The summed E-state index contributed by atoms with van der Waals surface area (Å²) >= 11 is 0. The molecule has 1 heteroatoms. The fraction of sp³-hybridized carbons (Fsp3) is 0.962. The van der Waals surface area contributed by atoms with E-state index in [0.29, 0.717) is 0 Å². The molecule has 0 aromatic heterocycles. The van der Waals surface area contributed by atoms with E-state index in [0.717, 1.165) is 29.5 Å². The quantitative estimate of drug-likeness (QED) is 0.451. The smallest absolute Gasteiger partial charge is 0.145 e. The minimum Gasteiger partial charge on any atom is -0.298 e. The second-order valence-corrected chi connectivity index (χ2v) is 11.4. The van der Waals surface area contributed by atoms with Crippen LogP contribution in [0, 0.1) is 34.5 Å². The Kier molecular flexibility index (Phi) is 6.06. The Hall–Kier alpha value is -0.330. The summed E-state index contributed by atoms with van der Waals surface area (Å²) in [5.41, 5.74) is 0.294. The number of rotatable bonds is 5. The summed E-state index contributed by atoms with van der Waals surface area (Å²) in [6.45, 7) is 4.73. The maximum absolute atomic E-state index is 13.4. The average Bonchev–Trinajstić information content (AvgIpc) is 2.70. The first kappa shape index (κ1) is 20.0. The fourth-order valence-corrected chi connectivity index (χ4v) is 7.70. The predicted octanol–water partition coefficient (Wildman–Crippen LogP) is 7.72. The van der Waals surface area contributed by atoms with Gasteiger partial charge in [0.1, 0.15) is 5.78 Å². The first-order valence-electron chi connectivity index (χ1n) is 12.6. The molecule has 0 aromatic carbocycles. The van der Waals surface area contributed by atoms with Crippen LogP contribution in [-0.2, 0) is 4.79 Å². The van der Waals surface area contributed by atoms with Gasteiger partial charge >= 0.3 is 0 Å². The third-order valence-corrected chi connectivity index (χ3v) is 9.63. The topological polar surface area (TPSA) is 17.1 Å². The zero-order valence-corrected chi connectivity index (χ0v) is 18.2. The molecule has 0 N–H and O–H groups in total. The van der Waals surface area contributed by atoms with Crippen molar-refractivity contribution in [2.45, 2.75) is 123 Å². The van der Waals surface area contributed by atoms with Crippen molar-refractivity contribution in [2.75, 3.05) is 0 Å². The Morgan fingerprint density at radius 2 is 1.33 bits per heavy atom. The van der Waals surface area contributed by atoms with Crippen molar-refractivity contribution >= 4 is 5.78 Å². The van der Waals surface area contributed by atoms with Crippen molar-refractivity contribution in [3.63, 3.8) is 0 Å². The van der Waals surface area contributed by atoms with Crippen molar-refractivity contribution in [3.05, 3.63) is 0 Å². The van der Waals surface area contributed by atoms with Crippen molar-refractivity contribution in [1.82, 2.24) is 0 Å². The fourth-order valence-electron chi connectivity index (χ4n) is 7.70. The Bertz CT molecular complexity index is 496. The van der Waals surface area contributed by atoms with Gasteiger partial charge in [-0.2, -0.15) is 0 Å². The van der Waals surface area contributed by atoms with Gasteiger partial charge in [0.2, 0.25) is 0 Å². The molecule has 4 fully saturated rings. The van der Waals surface area contributed by atoms with Gasteiger partial charge in [-0.25, -0.2) is 0 Å². The van der Waals surface area contributed by atoms with Crippen LogP contribution in [0.5, 0.6) is 0 Å². The zero-order chi connectivity index (χ0) is 18.9. The SMILES string of the molecule is CCCCCC1CC[C@]2(CC1)C[C@@]1(CC[C@H](C3CCC(C)CC3)CC1)C2=O. The van der Waals surface area contributed by atoms with E-state index in [-0.39, 0.29) is 10.8 Å². The Morgan fingerprint density at radius 3 is 1.89 bits per heavy atom. The van der Waals surface area contributed by atoms with Crippen LogP contribution in [0.4, 0.5) is 0 Å². The zero-order valence-electron chi connectivity index (χ0n) is 18.2. The monoisotopic (exact) mass is 372 g/mol. The molecule has 2 spiro atoms. The largest absolute Gasteiger partial charge is 0.298 e. The molecule has 0 atom stereocenters. The highest BCUT2D eigenvalue weighted by Crippen LogP contribution is 2.64. The van der Waals surface area contributed by atoms with Gasteiger partial charge in [-0.15, -0.1) is 0 Å². The number of carbonyl (C=O) groups excluding carboxylic acids is 1. The third kappa shape index (κ3) is 3.91. The first-order valence-corrected chi connectivity index (χ1v) is 12.6. The van der Waals surface area contributed by atoms with Crippen LogP contribution in [0.3, 0.4) is 0 Å². The van der Waals surface area contributed by atoms with Crippen LogP contribution in [0.25, 0.3) is 0 Å². The van der Waals surface area contributed by atoms with Gasteiger partial charge in [-0.3, -0.25) is 4.79 Å². The minimum absolute atomic E-state index is 0.146. The molecule has 1 nitrogen and oxygen atoms in total. The minimum atomic E-state index is 0.146. The Labute approximate surface area is 168 Å². The Morgan fingerprint density at radius 1 is 0.778 bits per heavy atom. The number of carbonyl (C=O) groups is 1. The van der Waals surface area contributed by atoms with Gasteiger partial charge in [0.05, 0.1) is 0 Å². The van der Waals surface area contributed by atoms with Gasteiger partial charge in [0.25, 0.3) is 0 Å². The van der Waals surface area contributed by atoms with E-state index in [1.54, 1.807) is 0 Å². The molecule has 0 saturated heterocycles. The van der Waals surface area contributed by atoms with Gasteiger partial charge in [-0.05, 0) is 94.3 Å². The molecule has 0 bridgehead atoms. The van der Waals surface area contributed by atoms with Crippen LogP contribution in [0.1, 0.15) is 123 Å². The molecule has 27 heavy (non-hydrogen) atoms. The van der Waals surface area contributed by atoms with Gasteiger partial charge in [0, 0.05) is 10.8 Å². The van der Waals surface area contributed by atoms with E-state index in [1.807, 2.05) is 0 Å². The molecule has 0 aliphatic heterocycles. The summed E-state index contributed by atoms with van der Waals surface area (Å²) in [4.78, 5) is 13.4. The average molecular weight is 373 g/mol. The molecule has 4 rings (SSSR count). The van der Waals surface area contributed by atoms with E-state index in [4.69, 9.17) is 0 Å². The van der Waals surface area contributed by atoms with E-state index in [2.05, 4.69) is 13.8 Å². The number of hydrogen-bond donors (Lipinski definition) is 0. The van der Waals surface area contributed by atoms with Crippen molar-refractivity contribution in [3.8, 4) is 0 Å². The van der Waals surface area contributed by atoms with Crippen LogP contribution >= 0.6 is 0 Å². The van der Waals surface area contributed by atoms with Crippen molar-refractivity contribution in [2.24, 2.45) is 34.5 Å². The third-order valence-electron chi connectivity index (χ3n) is 9.63. The molecule has 0 heterocycles. The van der Waals surface area contributed by atoms with Crippen LogP contribution in [0.2, 0.25) is 0 Å². The number of hydrogen-bond acceptors (Lipinski definition) is 1. The highest BCUT2D eigenvalue weighted by molar-refractivity contribution is 5.96. The van der Waals surface area contributed by atoms with E-state index in [1.165, 1.54) is 109 Å². The highest BCUT2D eigenvalue weighted by Gasteiger charge is 2.63. The van der Waals surface area contributed by atoms with E-state index in [9.17, 15) is 4.79 Å². The normalized spacial score (nSPS) is 45.2. The first-order chi connectivity index (χ1) is 13.1. The van der Waals surface area contributed by atoms with Crippen LogP contribution < -0.4 is 0 Å². The lowest BCUT2D eigenvalue weighted by atomic mass is 9.42. The van der Waals surface area contributed by atoms with Crippen molar-refractivity contribution in [1.29, 1.82) is 0 Å². The molecule has 0 unspecified atom stereocenters. The second-order valence-electron chi connectivity index (χ2n) is 11.4. The van der Waals surface area contributed by atoms with Crippen LogP contribution in [-0.4, -0.2) is 5.78 Å². The molecule has 0 aromatic rings. The van der Waals surface area contributed by atoms with Gasteiger partial charge < -0.3 is 0 Å². The summed E-state index contributed by atoms with van der Waals surface area (Å²) in [5.74, 6) is 4.55. The molecule has 0 radical (unpaired) electrons.